The first kappa shape index (κ1) is 19.7. The largest absolute Gasteiger partial charge is 0.419 e. The fraction of sp³-hybridized carbons (Fsp3) is 0.0741. The van der Waals surface area contributed by atoms with Crippen molar-refractivity contribution in [1.82, 2.24) is 14.9 Å². The van der Waals surface area contributed by atoms with Crippen molar-refractivity contribution in [1.29, 1.82) is 0 Å². The maximum absolute atomic E-state index is 12.8. The van der Waals surface area contributed by atoms with Gasteiger partial charge in [-0.2, -0.15) is 0 Å². The molecule has 0 spiro atoms. The molecule has 5 heteroatoms. The number of hydrogen-bond donors (Lipinski definition) is 0. The highest BCUT2D eigenvalue weighted by Crippen LogP contribution is 2.35. The summed E-state index contributed by atoms with van der Waals surface area (Å²) < 4.78 is 5.53. The molecule has 0 N–H and O–H groups in total. The first-order valence-corrected chi connectivity index (χ1v) is 10.5. The smallest absolute Gasteiger partial charge is 0.410 e. The molecule has 0 saturated carbocycles. The van der Waals surface area contributed by atoms with Crippen molar-refractivity contribution in [3.63, 3.8) is 0 Å². The van der Waals surface area contributed by atoms with Gasteiger partial charge in [0.05, 0.1) is 28.8 Å². The second kappa shape index (κ2) is 8.47. The average Bonchev–Trinajstić information content (AvgIpc) is 2.85. The summed E-state index contributed by atoms with van der Waals surface area (Å²) in [6, 6.07) is 28.7. The number of fused-ring (bicyclic) bond motifs is 1. The van der Waals surface area contributed by atoms with Crippen molar-refractivity contribution in [3.8, 4) is 28.3 Å². The van der Waals surface area contributed by atoms with Crippen LogP contribution >= 0.6 is 0 Å². The van der Waals surface area contributed by atoms with E-state index < -0.39 is 6.09 Å². The number of nitrogens with zero attached hydrogens (tertiary/aromatic N) is 3. The maximum atomic E-state index is 12.8. The van der Waals surface area contributed by atoms with E-state index in [2.05, 4.69) is 0 Å². The number of para-hydroxylation sites is 1. The molecule has 1 unspecified atom stereocenters. The van der Waals surface area contributed by atoms with Gasteiger partial charge < -0.3 is 4.74 Å². The summed E-state index contributed by atoms with van der Waals surface area (Å²) in [6.45, 7) is 1.93. The van der Waals surface area contributed by atoms with E-state index in [-0.39, 0.29) is 6.04 Å². The molecule has 156 valence electrons. The molecule has 2 heterocycles. The second-order valence-corrected chi connectivity index (χ2v) is 7.50. The quantitative estimate of drug-likeness (QED) is 0.388. The van der Waals surface area contributed by atoms with E-state index in [1.54, 1.807) is 23.2 Å². The van der Waals surface area contributed by atoms with E-state index in [4.69, 9.17) is 14.7 Å². The van der Waals surface area contributed by atoms with Crippen molar-refractivity contribution < 1.29 is 9.53 Å². The van der Waals surface area contributed by atoms with Crippen LogP contribution in [-0.2, 0) is 0 Å². The van der Waals surface area contributed by atoms with E-state index in [1.165, 1.54) is 0 Å². The van der Waals surface area contributed by atoms with Crippen LogP contribution in [0.15, 0.2) is 97.2 Å². The van der Waals surface area contributed by atoms with Crippen LogP contribution in [0.25, 0.3) is 28.6 Å². The molecular weight excluding hydrogens is 398 g/mol. The fourth-order valence-electron chi connectivity index (χ4n) is 3.76. The third-order valence-electron chi connectivity index (χ3n) is 5.41. The first-order valence-electron chi connectivity index (χ1n) is 10.5. The number of benzene rings is 3. The molecule has 0 aliphatic carbocycles. The van der Waals surface area contributed by atoms with Crippen molar-refractivity contribution >= 4 is 12.2 Å². The van der Waals surface area contributed by atoms with E-state index in [1.807, 2.05) is 91.9 Å². The van der Waals surface area contributed by atoms with Crippen LogP contribution in [0.4, 0.5) is 4.79 Å². The number of rotatable bonds is 3. The normalized spacial score (nSPS) is 14.7. The first-order chi connectivity index (χ1) is 15.7. The van der Waals surface area contributed by atoms with E-state index >= 15 is 0 Å². The van der Waals surface area contributed by atoms with Gasteiger partial charge in [-0.15, -0.1) is 0 Å². The van der Waals surface area contributed by atoms with Crippen LogP contribution in [0.3, 0.4) is 0 Å². The third kappa shape index (κ3) is 3.76. The summed E-state index contributed by atoms with van der Waals surface area (Å²) in [5.74, 6) is 0.499. The predicted octanol–water partition coefficient (Wildman–Crippen LogP) is 6.36. The van der Waals surface area contributed by atoms with Gasteiger partial charge in [-0.25, -0.2) is 14.8 Å². The standard InChI is InChI=1S/C27H21N3O2/c1-19-24-23(17-18-30(19)27(31)32-22-15-9-4-10-16-22)28-25(20-11-5-2-6-12-20)26(29-24)21-13-7-3-8-14-21/h2-19H,1H3. The Bertz CT molecular complexity index is 1270. The van der Waals surface area contributed by atoms with E-state index in [0.717, 1.165) is 33.9 Å². The third-order valence-corrected chi connectivity index (χ3v) is 5.41. The van der Waals surface area contributed by atoms with Gasteiger partial charge in [0.25, 0.3) is 0 Å². The van der Waals surface area contributed by atoms with Gasteiger partial charge in [0, 0.05) is 17.3 Å². The Balaban J connectivity index is 1.56. The lowest BCUT2D eigenvalue weighted by Crippen LogP contribution is -2.34. The zero-order valence-electron chi connectivity index (χ0n) is 17.6. The molecule has 1 atom stereocenters. The zero-order valence-corrected chi connectivity index (χ0v) is 17.6. The van der Waals surface area contributed by atoms with Crippen LogP contribution < -0.4 is 4.74 Å². The molecule has 1 aromatic heterocycles. The highest BCUT2D eigenvalue weighted by molar-refractivity contribution is 5.80. The molecule has 4 aromatic rings. The number of carbonyl (C=O) groups is 1. The molecule has 5 rings (SSSR count). The van der Waals surface area contributed by atoms with Crippen molar-refractivity contribution in [2.24, 2.45) is 0 Å². The number of carbonyl (C=O) groups excluding carboxylic acids is 1. The summed E-state index contributed by atoms with van der Waals surface area (Å²) >= 11 is 0. The molecule has 0 fully saturated rings. The lowest BCUT2D eigenvalue weighted by atomic mass is 10.0. The summed E-state index contributed by atoms with van der Waals surface area (Å²) in [7, 11) is 0. The van der Waals surface area contributed by atoms with Crippen LogP contribution in [0.5, 0.6) is 5.75 Å². The van der Waals surface area contributed by atoms with Gasteiger partial charge in [-0.3, -0.25) is 4.90 Å². The monoisotopic (exact) mass is 419 g/mol. The minimum Gasteiger partial charge on any atom is -0.410 e. The van der Waals surface area contributed by atoms with E-state index in [9.17, 15) is 4.79 Å². The molecule has 3 aromatic carbocycles. The summed E-state index contributed by atoms with van der Waals surface area (Å²) in [4.78, 5) is 24.4. The molecule has 1 amide bonds. The van der Waals surface area contributed by atoms with Crippen molar-refractivity contribution in [2.75, 3.05) is 0 Å². The number of ether oxygens (including phenoxy) is 1. The number of hydrogen-bond acceptors (Lipinski definition) is 4. The van der Waals surface area contributed by atoms with Gasteiger partial charge in [-0.05, 0) is 25.1 Å². The number of amides is 1. The van der Waals surface area contributed by atoms with Crippen LogP contribution in [-0.4, -0.2) is 21.0 Å². The topological polar surface area (TPSA) is 55.3 Å². The van der Waals surface area contributed by atoms with Gasteiger partial charge in [0.2, 0.25) is 0 Å². The Hall–Kier alpha value is -4.25. The molecule has 32 heavy (non-hydrogen) atoms. The Morgan fingerprint density at radius 1 is 0.781 bits per heavy atom. The molecule has 0 radical (unpaired) electrons. The minimum atomic E-state index is -0.458. The summed E-state index contributed by atoms with van der Waals surface area (Å²) in [6.07, 6.45) is 3.07. The lowest BCUT2D eigenvalue weighted by molar-refractivity contribution is 0.156. The lowest BCUT2D eigenvalue weighted by Gasteiger charge is -2.29. The zero-order chi connectivity index (χ0) is 21.9. The average molecular weight is 419 g/mol. The molecule has 1 aliphatic rings. The highest BCUT2D eigenvalue weighted by Gasteiger charge is 2.29. The van der Waals surface area contributed by atoms with Gasteiger partial charge in [-0.1, -0.05) is 78.9 Å². The van der Waals surface area contributed by atoms with Crippen molar-refractivity contribution in [3.05, 3.63) is 109 Å². The van der Waals surface area contributed by atoms with Crippen LogP contribution in [0.1, 0.15) is 24.4 Å². The van der Waals surface area contributed by atoms with Crippen LogP contribution in [0.2, 0.25) is 0 Å². The van der Waals surface area contributed by atoms with Gasteiger partial charge >= 0.3 is 6.09 Å². The van der Waals surface area contributed by atoms with Crippen molar-refractivity contribution in [2.45, 2.75) is 13.0 Å². The Morgan fingerprint density at radius 3 is 1.91 bits per heavy atom. The summed E-state index contributed by atoms with van der Waals surface area (Å²) in [5.41, 5.74) is 5.05. The number of aromatic nitrogens is 2. The molecular formula is C27H21N3O2. The molecule has 1 aliphatic heterocycles. The maximum Gasteiger partial charge on any atom is 0.419 e. The fourth-order valence-corrected chi connectivity index (χ4v) is 3.76. The Morgan fingerprint density at radius 2 is 1.31 bits per heavy atom. The Labute approximate surface area is 186 Å². The predicted molar refractivity (Wildman–Crippen MR) is 125 cm³/mol. The SMILES string of the molecule is CC1c2nc(-c3ccccc3)c(-c3ccccc3)nc2C=CN1C(=O)Oc1ccccc1. The van der Waals surface area contributed by atoms with Gasteiger partial charge in [0.15, 0.2) is 0 Å². The molecule has 0 bridgehead atoms. The molecule has 5 nitrogen and oxygen atoms in total. The highest BCUT2D eigenvalue weighted by atomic mass is 16.6. The Kier molecular flexibility index (Phi) is 5.22. The van der Waals surface area contributed by atoms with Crippen LogP contribution in [0, 0.1) is 0 Å². The summed E-state index contributed by atoms with van der Waals surface area (Å²) in [5, 5.41) is 0. The second-order valence-electron chi connectivity index (χ2n) is 7.50. The van der Waals surface area contributed by atoms with Gasteiger partial charge in [0.1, 0.15) is 5.75 Å². The van der Waals surface area contributed by atoms with E-state index in [0.29, 0.717) is 5.75 Å². The molecule has 0 saturated heterocycles. The minimum absolute atomic E-state index is 0.328.